The van der Waals surface area contributed by atoms with Gasteiger partial charge in [-0.15, -0.1) is 0 Å². The van der Waals surface area contributed by atoms with Crippen LogP contribution in [0.2, 0.25) is 0 Å². The number of fused-ring (bicyclic) bond motifs is 1. The van der Waals surface area contributed by atoms with Crippen LogP contribution in [0.15, 0.2) is 28.7 Å². The number of rotatable bonds is 2. The second kappa shape index (κ2) is 6.60. The fraction of sp³-hybridized carbons (Fsp3) is 0.550. The molecule has 24 heavy (non-hydrogen) atoms. The molecule has 0 radical (unpaired) electrons. The predicted molar refractivity (Wildman–Crippen MR) is 95.3 cm³/mol. The zero-order chi connectivity index (χ0) is 16.5. The van der Waals surface area contributed by atoms with Crippen LogP contribution >= 0.6 is 0 Å². The average Bonchev–Trinajstić information content (AvgIpc) is 2.99. The maximum absolute atomic E-state index is 12.9. The van der Waals surface area contributed by atoms with E-state index in [0.717, 1.165) is 48.8 Å². The molecule has 1 aliphatic carbocycles. The molecule has 1 saturated carbocycles. The van der Waals surface area contributed by atoms with Crippen molar-refractivity contribution in [2.24, 2.45) is 0 Å². The molecule has 0 unspecified atom stereocenters. The highest BCUT2D eigenvalue weighted by Gasteiger charge is 2.29. The molecule has 2 fully saturated rings. The zero-order valence-electron chi connectivity index (χ0n) is 14.5. The van der Waals surface area contributed by atoms with E-state index in [1.165, 1.54) is 32.1 Å². The first-order valence-corrected chi connectivity index (χ1v) is 9.25. The monoisotopic (exact) mass is 326 g/mol. The molecule has 4 nitrogen and oxygen atoms in total. The highest BCUT2D eigenvalue weighted by molar-refractivity contribution is 5.98. The van der Waals surface area contributed by atoms with Crippen LogP contribution in [0.4, 0.5) is 0 Å². The van der Waals surface area contributed by atoms with Crippen LogP contribution in [-0.4, -0.2) is 47.9 Å². The van der Waals surface area contributed by atoms with Gasteiger partial charge in [-0.05, 0) is 25.8 Å². The number of aryl methyl sites for hydroxylation is 1. The molecule has 1 aromatic heterocycles. The van der Waals surface area contributed by atoms with Gasteiger partial charge >= 0.3 is 0 Å². The van der Waals surface area contributed by atoms with E-state index in [2.05, 4.69) is 4.90 Å². The molecule has 1 aliphatic heterocycles. The molecule has 2 aliphatic rings. The van der Waals surface area contributed by atoms with Gasteiger partial charge in [0.2, 0.25) is 0 Å². The lowest BCUT2D eigenvalue weighted by atomic mass is 9.94. The predicted octanol–water partition coefficient (Wildman–Crippen LogP) is 3.83. The maximum Gasteiger partial charge on any atom is 0.289 e. The van der Waals surface area contributed by atoms with Crippen molar-refractivity contribution >= 4 is 16.9 Å². The highest BCUT2D eigenvalue weighted by Crippen LogP contribution is 2.27. The molecule has 2 heterocycles. The number of amides is 1. The van der Waals surface area contributed by atoms with Crippen molar-refractivity contribution in [2.75, 3.05) is 26.2 Å². The number of carbonyl (C=O) groups excluding carboxylic acids is 1. The Balaban J connectivity index is 1.44. The second-order valence-corrected chi connectivity index (χ2v) is 7.17. The molecular weight excluding hydrogens is 300 g/mol. The third-order valence-corrected chi connectivity index (χ3v) is 5.73. The van der Waals surface area contributed by atoms with E-state index in [1.54, 1.807) is 0 Å². The molecule has 0 N–H and O–H groups in total. The van der Waals surface area contributed by atoms with Crippen LogP contribution in [0.3, 0.4) is 0 Å². The molecule has 128 valence electrons. The molecule has 0 spiro atoms. The van der Waals surface area contributed by atoms with Crippen LogP contribution in [-0.2, 0) is 0 Å². The Morgan fingerprint density at radius 2 is 1.75 bits per heavy atom. The third-order valence-electron chi connectivity index (χ3n) is 5.73. The van der Waals surface area contributed by atoms with E-state index in [0.29, 0.717) is 5.76 Å². The number of nitrogens with zero attached hydrogens (tertiary/aromatic N) is 2. The zero-order valence-corrected chi connectivity index (χ0v) is 14.5. The minimum atomic E-state index is 0.0481. The van der Waals surface area contributed by atoms with E-state index < -0.39 is 0 Å². The van der Waals surface area contributed by atoms with Crippen molar-refractivity contribution in [1.29, 1.82) is 0 Å². The molecule has 2 aromatic rings. The van der Waals surface area contributed by atoms with E-state index in [9.17, 15) is 4.79 Å². The lowest BCUT2D eigenvalue weighted by molar-refractivity contribution is 0.0498. The van der Waals surface area contributed by atoms with Crippen LogP contribution in [0.5, 0.6) is 0 Å². The number of piperazine rings is 1. The Bertz CT molecular complexity index is 722. The van der Waals surface area contributed by atoms with Crippen molar-refractivity contribution < 1.29 is 9.21 Å². The minimum Gasteiger partial charge on any atom is -0.451 e. The van der Waals surface area contributed by atoms with Crippen LogP contribution in [0, 0.1) is 6.92 Å². The van der Waals surface area contributed by atoms with Crippen molar-refractivity contribution in [3.8, 4) is 0 Å². The van der Waals surface area contributed by atoms with Gasteiger partial charge in [0.15, 0.2) is 5.76 Å². The van der Waals surface area contributed by atoms with E-state index in [-0.39, 0.29) is 5.91 Å². The number of hydrogen-bond acceptors (Lipinski definition) is 3. The van der Waals surface area contributed by atoms with E-state index in [4.69, 9.17) is 4.42 Å². The first kappa shape index (κ1) is 15.7. The van der Waals surface area contributed by atoms with Crippen LogP contribution in [0.1, 0.15) is 48.2 Å². The molecule has 0 bridgehead atoms. The Kier molecular flexibility index (Phi) is 4.31. The van der Waals surface area contributed by atoms with Crippen molar-refractivity contribution in [2.45, 2.75) is 45.1 Å². The molecule has 1 amide bonds. The summed E-state index contributed by atoms with van der Waals surface area (Å²) in [5, 5.41) is 1.04. The minimum absolute atomic E-state index is 0.0481. The van der Waals surface area contributed by atoms with Gasteiger partial charge in [0.25, 0.3) is 5.91 Å². The summed E-state index contributed by atoms with van der Waals surface area (Å²) in [4.78, 5) is 17.4. The number of benzene rings is 1. The van der Waals surface area contributed by atoms with E-state index >= 15 is 0 Å². The molecule has 4 rings (SSSR count). The number of para-hydroxylation sites is 1. The lowest BCUT2D eigenvalue weighted by Crippen LogP contribution is -2.52. The fourth-order valence-electron chi connectivity index (χ4n) is 4.26. The third kappa shape index (κ3) is 2.84. The molecule has 1 aromatic carbocycles. The van der Waals surface area contributed by atoms with Gasteiger partial charge in [0.1, 0.15) is 5.58 Å². The highest BCUT2D eigenvalue weighted by atomic mass is 16.3. The topological polar surface area (TPSA) is 36.7 Å². The van der Waals surface area contributed by atoms with Gasteiger partial charge < -0.3 is 9.32 Å². The summed E-state index contributed by atoms with van der Waals surface area (Å²) in [6.45, 7) is 5.60. The normalized spacial score (nSPS) is 20.6. The summed E-state index contributed by atoms with van der Waals surface area (Å²) in [5.74, 6) is 0.564. The number of hydrogen-bond donors (Lipinski definition) is 0. The summed E-state index contributed by atoms with van der Waals surface area (Å²) in [6, 6.07) is 8.63. The van der Waals surface area contributed by atoms with Gasteiger partial charge in [-0.2, -0.15) is 0 Å². The SMILES string of the molecule is Cc1c(C(=O)N2CCN(C3CCCCC3)CC2)oc2ccccc12. The quantitative estimate of drug-likeness (QED) is 0.841. The van der Waals surface area contributed by atoms with Gasteiger partial charge in [0.05, 0.1) is 0 Å². The van der Waals surface area contributed by atoms with Gasteiger partial charge in [-0.1, -0.05) is 37.5 Å². The van der Waals surface area contributed by atoms with Crippen molar-refractivity contribution in [1.82, 2.24) is 9.80 Å². The molecule has 4 heteroatoms. The summed E-state index contributed by atoms with van der Waals surface area (Å²) < 4.78 is 5.85. The maximum atomic E-state index is 12.9. The summed E-state index contributed by atoms with van der Waals surface area (Å²) in [7, 11) is 0. The van der Waals surface area contributed by atoms with Crippen LogP contribution in [0.25, 0.3) is 11.0 Å². The Morgan fingerprint density at radius 1 is 1.04 bits per heavy atom. The Morgan fingerprint density at radius 3 is 2.46 bits per heavy atom. The summed E-state index contributed by atoms with van der Waals surface area (Å²) in [5.41, 5.74) is 1.77. The molecular formula is C20H26N2O2. The van der Waals surface area contributed by atoms with Gasteiger partial charge in [0, 0.05) is 43.2 Å². The van der Waals surface area contributed by atoms with Gasteiger partial charge in [-0.25, -0.2) is 0 Å². The fourth-order valence-corrected chi connectivity index (χ4v) is 4.26. The largest absolute Gasteiger partial charge is 0.451 e. The number of carbonyl (C=O) groups is 1. The van der Waals surface area contributed by atoms with E-state index in [1.807, 2.05) is 36.1 Å². The first-order valence-electron chi connectivity index (χ1n) is 9.25. The second-order valence-electron chi connectivity index (χ2n) is 7.17. The first-order chi connectivity index (χ1) is 11.7. The average molecular weight is 326 g/mol. The standard InChI is InChI=1S/C20H26N2O2/c1-15-17-9-5-6-10-18(17)24-19(15)20(23)22-13-11-21(12-14-22)16-7-3-2-4-8-16/h5-6,9-10,16H,2-4,7-8,11-14H2,1H3. The Labute approximate surface area is 143 Å². The smallest absolute Gasteiger partial charge is 0.289 e. The Hall–Kier alpha value is -1.81. The van der Waals surface area contributed by atoms with Crippen LogP contribution < -0.4 is 0 Å². The molecule has 0 atom stereocenters. The van der Waals surface area contributed by atoms with Crippen molar-refractivity contribution in [3.63, 3.8) is 0 Å². The van der Waals surface area contributed by atoms with Gasteiger partial charge in [-0.3, -0.25) is 9.69 Å². The summed E-state index contributed by atoms with van der Waals surface area (Å²) in [6.07, 6.45) is 6.78. The molecule has 1 saturated heterocycles. The van der Waals surface area contributed by atoms with Crippen molar-refractivity contribution in [3.05, 3.63) is 35.6 Å². The lowest BCUT2D eigenvalue weighted by Gasteiger charge is -2.40. The number of furan rings is 1. The summed E-state index contributed by atoms with van der Waals surface area (Å²) >= 11 is 0.